The van der Waals surface area contributed by atoms with Crippen molar-refractivity contribution in [2.75, 3.05) is 11.9 Å². The van der Waals surface area contributed by atoms with E-state index in [4.69, 9.17) is 9.47 Å². The Bertz CT molecular complexity index is 1440. The summed E-state index contributed by atoms with van der Waals surface area (Å²) in [7, 11) is 0. The molecule has 0 bridgehead atoms. The van der Waals surface area contributed by atoms with Gasteiger partial charge in [0.2, 0.25) is 0 Å². The summed E-state index contributed by atoms with van der Waals surface area (Å²) in [6.45, 7) is 20.4. The molecule has 3 aromatic carbocycles. The molecule has 6 nitrogen and oxygen atoms in total. The number of nitrogens with one attached hydrogen (secondary N) is 1. The number of ether oxygens (including phenoxy) is 2. The first-order valence-electron chi connectivity index (χ1n) is 14.3. The zero-order valence-corrected chi connectivity index (χ0v) is 26.2. The molecular weight excluding hydrogens is 514 g/mol. The van der Waals surface area contributed by atoms with Gasteiger partial charge in [-0.3, -0.25) is 4.79 Å². The van der Waals surface area contributed by atoms with Gasteiger partial charge in [0.05, 0.1) is 0 Å². The van der Waals surface area contributed by atoms with E-state index in [0.29, 0.717) is 29.4 Å². The fraction of sp³-hybridized carbons (Fsp3) is 0.457. The molecule has 0 radical (unpaired) electrons. The monoisotopic (exact) mass is 559 g/mol. The smallest absolute Gasteiger partial charge is 0.255 e. The highest BCUT2D eigenvalue weighted by molar-refractivity contribution is 6.04. The first-order chi connectivity index (χ1) is 18.9. The number of rotatable bonds is 5. The molecule has 1 amide bonds. The maximum absolute atomic E-state index is 13.3. The molecule has 4 rings (SSSR count). The molecule has 1 aliphatic rings. The summed E-state index contributed by atoms with van der Waals surface area (Å²) in [4.78, 5) is 13.3. The Labute approximate surface area is 244 Å². The fourth-order valence-corrected chi connectivity index (χ4v) is 5.38. The van der Waals surface area contributed by atoms with E-state index in [1.165, 1.54) is 0 Å². The number of aromatic hydroxyl groups is 2. The summed E-state index contributed by atoms with van der Waals surface area (Å²) in [6, 6.07) is 10.9. The van der Waals surface area contributed by atoms with Gasteiger partial charge in [-0.05, 0) is 104 Å². The van der Waals surface area contributed by atoms with Crippen molar-refractivity contribution in [2.45, 2.75) is 98.5 Å². The minimum atomic E-state index is -0.505. The highest BCUT2D eigenvalue weighted by Crippen LogP contribution is 2.43. The number of carbonyl (C=O) groups excluding carboxylic acids is 1. The third-order valence-electron chi connectivity index (χ3n) is 8.24. The van der Waals surface area contributed by atoms with Crippen molar-refractivity contribution >= 4 is 11.6 Å². The number of fused-ring (bicyclic) bond motifs is 1. The lowest BCUT2D eigenvalue weighted by Gasteiger charge is -2.37. The normalized spacial score (nSPS) is 17.0. The molecule has 0 fully saturated rings. The van der Waals surface area contributed by atoms with Gasteiger partial charge in [-0.2, -0.15) is 0 Å². The van der Waals surface area contributed by atoms with E-state index >= 15 is 0 Å². The van der Waals surface area contributed by atoms with E-state index in [-0.39, 0.29) is 22.5 Å². The van der Waals surface area contributed by atoms with Gasteiger partial charge in [0.25, 0.3) is 5.91 Å². The van der Waals surface area contributed by atoms with Gasteiger partial charge in [0, 0.05) is 27.9 Å². The number of hydrogen-bond acceptors (Lipinski definition) is 5. The van der Waals surface area contributed by atoms with Crippen molar-refractivity contribution in [3.8, 4) is 23.0 Å². The third kappa shape index (κ3) is 6.17. The van der Waals surface area contributed by atoms with Crippen LogP contribution in [0.4, 0.5) is 5.69 Å². The molecule has 3 aromatic rings. The number of carbonyl (C=O) groups is 1. The van der Waals surface area contributed by atoms with Crippen LogP contribution in [0.25, 0.3) is 0 Å². The summed E-state index contributed by atoms with van der Waals surface area (Å²) in [6.07, 6.45) is 1.59. The standard InChI is InChI=1S/C35H45NO5/c1-20-21(2)31-26(22(3)29(20)37)15-16-35(10,41-31)19-40-25-13-11-24(12-14-25)36-32(39)23-17-27(33(4,5)6)30(38)28(18-23)34(7,8)9/h11-14,17-18,37-38H,15-16,19H2,1-10H3,(H,36,39). The predicted molar refractivity (Wildman–Crippen MR) is 165 cm³/mol. The van der Waals surface area contributed by atoms with Crippen LogP contribution in [0.3, 0.4) is 0 Å². The highest BCUT2D eigenvalue weighted by Gasteiger charge is 2.35. The van der Waals surface area contributed by atoms with Gasteiger partial charge in [-0.15, -0.1) is 0 Å². The lowest BCUT2D eigenvalue weighted by molar-refractivity contribution is 0.0166. The number of amides is 1. The van der Waals surface area contributed by atoms with Gasteiger partial charge >= 0.3 is 0 Å². The lowest BCUT2D eigenvalue weighted by atomic mass is 9.78. The van der Waals surface area contributed by atoms with Crippen molar-refractivity contribution < 1.29 is 24.5 Å². The predicted octanol–water partition coefficient (Wildman–Crippen LogP) is 8.03. The molecule has 1 unspecified atom stereocenters. The molecule has 41 heavy (non-hydrogen) atoms. The number of phenolic OH excluding ortho intramolecular Hbond substituents is 2. The van der Waals surface area contributed by atoms with Crippen LogP contribution >= 0.6 is 0 Å². The van der Waals surface area contributed by atoms with Crippen molar-refractivity contribution in [1.29, 1.82) is 0 Å². The molecule has 1 aliphatic heterocycles. The van der Waals surface area contributed by atoms with E-state index in [9.17, 15) is 15.0 Å². The maximum Gasteiger partial charge on any atom is 0.255 e. The van der Waals surface area contributed by atoms with Gasteiger partial charge in [-0.25, -0.2) is 0 Å². The largest absolute Gasteiger partial charge is 0.507 e. The Morgan fingerprint density at radius 3 is 2.00 bits per heavy atom. The summed E-state index contributed by atoms with van der Waals surface area (Å²) < 4.78 is 12.6. The highest BCUT2D eigenvalue weighted by atomic mass is 16.5. The van der Waals surface area contributed by atoms with Crippen molar-refractivity contribution in [1.82, 2.24) is 0 Å². The Morgan fingerprint density at radius 1 is 0.902 bits per heavy atom. The SMILES string of the molecule is Cc1c(C)c2c(c(C)c1O)CCC(C)(COc1ccc(NC(=O)c3cc(C(C)(C)C)c(O)c(C(C)(C)C)c3)cc1)O2. The molecule has 0 aliphatic carbocycles. The summed E-state index contributed by atoms with van der Waals surface area (Å²) in [5, 5.41) is 24.4. The molecule has 6 heteroatoms. The van der Waals surface area contributed by atoms with Crippen LogP contribution in [-0.2, 0) is 17.3 Å². The van der Waals surface area contributed by atoms with E-state index in [0.717, 1.165) is 52.0 Å². The Balaban J connectivity index is 1.46. The minimum Gasteiger partial charge on any atom is -0.507 e. The van der Waals surface area contributed by atoms with E-state index in [1.807, 2.05) is 86.6 Å². The summed E-state index contributed by atoms with van der Waals surface area (Å²) in [5.41, 5.74) is 5.28. The Kier molecular flexibility index (Phi) is 7.85. The topological polar surface area (TPSA) is 88.0 Å². The molecule has 1 atom stereocenters. The van der Waals surface area contributed by atoms with Crippen LogP contribution in [0.15, 0.2) is 36.4 Å². The second kappa shape index (κ2) is 10.6. The van der Waals surface area contributed by atoms with E-state index in [2.05, 4.69) is 12.2 Å². The second-order valence-corrected chi connectivity index (χ2v) is 13.8. The van der Waals surface area contributed by atoms with Crippen LogP contribution in [0.5, 0.6) is 23.0 Å². The number of benzene rings is 3. The Morgan fingerprint density at radius 2 is 1.46 bits per heavy atom. The molecule has 0 saturated heterocycles. The zero-order chi connectivity index (χ0) is 30.5. The molecule has 0 aromatic heterocycles. The summed E-state index contributed by atoms with van der Waals surface area (Å²) >= 11 is 0. The molecule has 0 saturated carbocycles. The average Bonchev–Trinajstić information content (AvgIpc) is 2.89. The molecule has 3 N–H and O–H groups in total. The molecule has 220 valence electrons. The third-order valence-corrected chi connectivity index (χ3v) is 8.24. The quantitative estimate of drug-likeness (QED) is 0.294. The van der Waals surface area contributed by atoms with E-state index in [1.54, 1.807) is 12.1 Å². The number of phenols is 2. The van der Waals surface area contributed by atoms with Gasteiger partial charge in [-0.1, -0.05) is 41.5 Å². The van der Waals surface area contributed by atoms with Gasteiger partial charge in [0.1, 0.15) is 35.2 Å². The summed E-state index contributed by atoms with van der Waals surface area (Å²) in [5.74, 6) is 1.91. The van der Waals surface area contributed by atoms with E-state index < -0.39 is 5.60 Å². The zero-order valence-electron chi connectivity index (χ0n) is 26.2. The molecule has 1 heterocycles. The average molecular weight is 560 g/mol. The van der Waals surface area contributed by atoms with Crippen LogP contribution in [0, 0.1) is 20.8 Å². The van der Waals surface area contributed by atoms with Crippen LogP contribution in [0.1, 0.15) is 98.6 Å². The van der Waals surface area contributed by atoms with Gasteiger partial charge in [0.15, 0.2) is 0 Å². The first-order valence-corrected chi connectivity index (χ1v) is 14.3. The van der Waals surface area contributed by atoms with Crippen LogP contribution in [-0.4, -0.2) is 28.3 Å². The fourth-order valence-electron chi connectivity index (χ4n) is 5.38. The van der Waals surface area contributed by atoms with Crippen molar-refractivity contribution in [2.24, 2.45) is 0 Å². The van der Waals surface area contributed by atoms with Crippen molar-refractivity contribution in [3.05, 3.63) is 75.3 Å². The number of anilines is 1. The van der Waals surface area contributed by atoms with Crippen LogP contribution in [0.2, 0.25) is 0 Å². The van der Waals surface area contributed by atoms with Crippen molar-refractivity contribution in [3.63, 3.8) is 0 Å². The molecule has 0 spiro atoms. The minimum absolute atomic E-state index is 0.233. The first kappa shape index (κ1) is 30.3. The number of hydrogen-bond donors (Lipinski definition) is 3. The lowest BCUT2D eigenvalue weighted by Crippen LogP contribution is -2.42. The molecular formula is C35H45NO5. The Hall–Kier alpha value is -3.67. The second-order valence-electron chi connectivity index (χ2n) is 13.8. The maximum atomic E-state index is 13.3. The van der Waals surface area contributed by atoms with Gasteiger partial charge < -0.3 is 25.0 Å². The van der Waals surface area contributed by atoms with Crippen LogP contribution < -0.4 is 14.8 Å².